The molecule has 0 unspecified atom stereocenters. The number of benzene rings is 3. The fraction of sp³-hybridized carbons (Fsp3) is 0.111. The molecule has 2 heterocycles. The third-order valence-electron chi connectivity index (χ3n) is 5.73. The van der Waals surface area contributed by atoms with Crippen molar-refractivity contribution in [3.63, 3.8) is 0 Å². The maximum absolute atomic E-state index is 13.5. The van der Waals surface area contributed by atoms with Crippen LogP contribution in [0.25, 0.3) is 44.4 Å². The lowest BCUT2D eigenvalue weighted by molar-refractivity contribution is -0.136. The Kier molecular flexibility index (Phi) is 4.98. The van der Waals surface area contributed by atoms with Crippen LogP contribution in [0.15, 0.2) is 80.4 Å². The van der Waals surface area contributed by atoms with Crippen molar-refractivity contribution in [3.05, 3.63) is 88.3 Å². The molecule has 6 nitrogen and oxygen atoms in total. The minimum Gasteiger partial charge on any atom is -0.497 e. The topological polar surface area (TPSA) is 89.9 Å². The molecule has 0 saturated carbocycles. The molecular formula is C27H20O6. The van der Waals surface area contributed by atoms with Crippen molar-refractivity contribution >= 4 is 27.9 Å². The van der Waals surface area contributed by atoms with Gasteiger partial charge in [0.1, 0.15) is 28.4 Å². The normalized spacial score (nSPS) is 11.2. The van der Waals surface area contributed by atoms with E-state index in [0.717, 1.165) is 5.56 Å². The minimum absolute atomic E-state index is 0.190. The molecule has 164 valence electrons. The molecule has 0 aliphatic rings. The molecule has 2 aromatic heterocycles. The van der Waals surface area contributed by atoms with E-state index in [0.29, 0.717) is 55.9 Å². The Morgan fingerprint density at radius 1 is 0.939 bits per heavy atom. The summed E-state index contributed by atoms with van der Waals surface area (Å²) in [6.45, 7) is 1.73. The van der Waals surface area contributed by atoms with E-state index < -0.39 is 5.97 Å². The lowest BCUT2D eigenvalue weighted by Gasteiger charge is -2.09. The molecule has 0 aliphatic heterocycles. The van der Waals surface area contributed by atoms with Crippen molar-refractivity contribution in [2.24, 2.45) is 0 Å². The van der Waals surface area contributed by atoms with Crippen LogP contribution in [0.5, 0.6) is 5.75 Å². The second-order valence-electron chi connectivity index (χ2n) is 7.75. The summed E-state index contributed by atoms with van der Waals surface area (Å²) in [5, 5.41) is 10.5. The lowest BCUT2D eigenvalue weighted by Crippen LogP contribution is -2.08. The molecule has 0 fully saturated rings. The predicted octanol–water partition coefficient (Wildman–Crippen LogP) is 5.82. The first-order chi connectivity index (χ1) is 16.0. The SMILES string of the molecule is COc1ccc(-c2c(C)oc3c(ccc4oc(-c5ccccc5)c(CC(=O)O)c43)c2=O)cc1. The summed E-state index contributed by atoms with van der Waals surface area (Å²) in [6, 6.07) is 19.9. The van der Waals surface area contributed by atoms with Crippen LogP contribution < -0.4 is 10.2 Å². The van der Waals surface area contributed by atoms with Gasteiger partial charge in [-0.1, -0.05) is 42.5 Å². The van der Waals surface area contributed by atoms with E-state index in [9.17, 15) is 14.7 Å². The number of ether oxygens (including phenoxy) is 1. The summed E-state index contributed by atoms with van der Waals surface area (Å²) in [5.41, 5.74) is 3.01. The summed E-state index contributed by atoms with van der Waals surface area (Å²) in [7, 11) is 1.58. The van der Waals surface area contributed by atoms with Crippen LogP contribution in [0.2, 0.25) is 0 Å². The van der Waals surface area contributed by atoms with Crippen molar-refractivity contribution in [1.82, 2.24) is 0 Å². The van der Waals surface area contributed by atoms with Gasteiger partial charge in [0.05, 0.1) is 29.9 Å². The maximum atomic E-state index is 13.5. The second-order valence-corrected chi connectivity index (χ2v) is 7.75. The summed E-state index contributed by atoms with van der Waals surface area (Å²) in [5.74, 6) is 0.586. The first-order valence-corrected chi connectivity index (χ1v) is 10.4. The number of aryl methyl sites for hydroxylation is 1. The number of hydrogen-bond donors (Lipinski definition) is 1. The zero-order valence-corrected chi connectivity index (χ0v) is 18.0. The lowest BCUT2D eigenvalue weighted by atomic mass is 9.99. The molecule has 6 heteroatoms. The number of methoxy groups -OCH3 is 1. The van der Waals surface area contributed by atoms with Crippen molar-refractivity contribution in [1.29, 1.82) is 0 Å². The first kappa shape index (κ1) is 20.6. The molecule has 0 atom stereocenters. The highest BCUT2D eigenvalue weighted by Gasteiger charge is 2.24. The van der Waals surface area contributed by atoms with E-state index >= 15 is 0 Å². The fourth-order valence-corrected chi connectivity index (χ4v) is 4.24. The molecule has 5 rings (SSSR count). The first-order valence-electron chi connectivity index (χ1n) is 10.4. The van der Waals surface area contributed by atoms with E-state index in [-0.39, 0.29) is 11.8 Å². The summed E-state index contributed by atoms with van der Waals surface area (Å²) in [4.78, 5) is 25.2. The van der Waals surface area contributed by atoms with E-state index in [1.54, 1.807) is 38.3 Å². The van der Waals surface area contributed by atoms with Crippen LogP contribution >= 0.6 is 0 Å². The Morgan fingerprint density at radius 3 is 2.33 bits per heavy atom. The monoisotopic (exact) mass is 440 g/mol. The van der Waals surface area contributed by atoms with Gasteiger partial charge in [-0.15, -0.1) is 0 Å². The van der Waals surface area contributed by atoms with Crippen molar-refractivity contribution in [3.8, 4) is 28.2 Å². The average Bonchev–Trinajstić information content (AvgIpc) is 3.18. The van der Waals surface area contributed by atoms with Gasteiger partial charge in [0.2, 0.25) is 5.43 Å². The number of carboxylic acid groups (broad SMARTS) is 1. The number of hydrogen-bond acceptors (Lipinski definition) is 5. The second kappa shape index (κ2) is 7.98. The van der Waals surface area contributed by atoms with Crippen LogP contribution in [0.1, 0.15) is 11.3 Å². The third-order valence-corrected chi connectivity index (χ3v) is 5.73. The molecule has 3 aromatic carbocycles. The summed E-state index contributed by atoms with van der Waals surface area (Å²) < 4.78 is 17.5. The Balaban J connectivity index is 1.81. The zero-order chi connectivity index (χ0) is 23.1. The highest BCUT2D eigenvalue weighted by molar-refractivity contribution is 6.08. The van der Waals surface area contributed by atoms with Crippen molar-refractivity contribution < 1.29 is 23.5 Å². The van der Waals surface area contributed by atoms with E-state index in [4.69, 9.17) is 13.6 Å². The Bertz CT molecular complexity index is 1560. The number of carboxylic acids is 1. The van der Waals surface area contributed by atoms with Crippen LogP contribution in [-0.2, 0) is 11.2 Å². The molecule has 0 amide bonds. The van der Waals surface area contributed by atoms with Crippen LogP contribution in [0.3, 0.4) is 0 Å². The van der Waals surface area contributed by atoms with Crippen LogP contribution in [0, 0.1) is 6.92 Å². The van der Waals surface area contributed by atoms with Gasteiger partial charge in [0.15, 0.2) is 0 Å². The summed E-state index contributed by atoms with van der Waals surface area (Å²) >= 11 is 0. The standard InChI is InChI=1S/C27H20O6/c1-15-23(16-8-10-18(31-2)11-9-16)25(30)19-12-13-21-24(27(19)32-15)20(14-22(28)29)26(33-21)17-6-4-3-5-7-17/h3-13H,14H2,1-2H3,(H,28,29). The van der Waals surface area contributed by atoms with Gasteiger partial charge >= 0.3 is 5.97 Å². The van der Waals surface area contributed by atoms with Gasteiger partial charge in [-0.2, -0.15) is 0 Å². The van der Waals surface area contributed by atoms with Gasteiger partial charge in [0, 0.05) is 11.1 Å². The highest BCUT2D eigenvalue weighted by Crippen LogP contribution is 2.38. The fourth-order valence-electron chi connectivity index (χ4n) is 4.24. The van der Waals surface area contributed by atoms with Gasteiger partial charge in [-0.25, -0.2) is 0 Å². The molecule has 0 saturated heterocycles. The van der Waals surface area contributed by atoms with Crippen molar-refractivity contribution in [2.45, 2.75) is 13.3 Å². The molecular weight excluding hydrogens is 420 g/mol. The Morgan fingerprint density at radius 2 is 1.67 bits per heavy atom. The number of furan rings is 1. The quantitative estimate of drug-likeness (QED) is 0.371. The van der Waals surface area contributed by atoms with E-state index in [1.807, 2.05) is 42.5 Å². The minimum atomic E-state index is -0.999. The van der Waals surface area contributed by atoms with Gasteiger partial charge in [-0.3, -0.25) is 9.59 Å². The third kappa shape index (κ3) is 3.46. The Labute approximate surface area is 188 Å². The molecule has 1 N–H and O–H groups in total. The van der Waals surface area contributed by atoms with Gasteiger partial charge in [-0.05, 0) is 36.8 Å². The average molecular weight is 440 g/mol. The molecule has 5 aromatic rings. The van der Waals surface area contributed by atoms with Gasteiger partial charge < -0.3 is 18.7 Å². The Hall–Kier alpha value is -4.32. The summed E-state index contributed by atoms with van der Waals surface area (Å²) in [6.07, 6.45) is -0.265. The smallest absolute Gasteiger partial charge is 0.307 e. The van der Waals surface area contributed by atoms with E-state index in [1.165, 1.54) is 0 Å². The number of aliphatic carboxylic acids is 1. The largest absolute Gasteiger partial charge is 0.497 e. The van der Waals surface area contributed by atoms with Crippen LogP contribution in [0.4, 0.5) is 0 Å². The zero-order valence-electron chi connectivity index (χ0n) is 18.0. The molecule has 0 bridgehead atoms. The van der Waals surface area contributed by atoms with Crippen LogP contribution in [-0.4, -0.2) is 18.2 Å². The number of rotatable bonds is 5. The molecule has 0 radical (unpaired) electrons. The van der Waals surface area contributed by atoms with E-state index in [2.05, 4.69) is 0 Å². The molecule has 0 aliphatic carbocycles. The molecule has 0 spiro atoms. The number of carbonyl (C=O) groups is 1. The highest BCUT2D eigenvalue weighted by atomic mass is 16.5. The predicted molar refractivity (Wildman–Crippen MR) is 126 cm³/mol. The molecule has 33 heavy (non-hydrogen) atoms. The number of fused-ring (bicyclic) bond motifs is 3. The van der Waals surface area contributed by atoms with Crippen molar-refractivity contribution in [2.75, 3.05) is 7.11 Å². The van der Waals surface area contributed by atoms with Gasteiger partial charge in [0.25, 0.3) is 0 Å². The maximum Gasteiger partial charge on any atom is 0.307 e.